The van der Waals surface area contributed by atoms with Gasteiger partial charge in [0.2, 0.25) is 0 Å². The second kappa shape index (κ2) is 10.8. The second-order valence-electron chi connectivity index (χ2n) is 7.87. The van der Waals surface area contributed by atoms with Gasteiger partial charge in [-0.3, -0.25) is 5.32 Å². The molecule has 8 heteroatoms. The largest absolute Gasteiger partial charge is 0.506 e. The fourth-order valence-electron chi connectivity index (χ4n) is 3.09. The Bertz CT molecular complexity index is 971. The molecular formula is C23H25Br2NO5. The summed E-state index contributed by atoms with van der Waals surface area (Å²) in [6, 6.07) is 10.7. The lowest BCUT2D eigenvalue weighted by atomic mass is 9.78. The molecule has 31 heavy (non-hydrogen) atoms. The van der Waals surface area contributed by atoms with Gasteiger partial charge in [0.15, 0.2) is 0 Å². The Morgan fingerprint density at radius 1 is 1.19 bits per heavy atom. The average Bonchev–Trinajstić information content (AvgIpc) is 2.68. The fourth-order valence-corrected chi connectivity index (χ4v) is 4.35. The molecule has 166 valence electrons. The summed E-state index contributed by atoms with van der Waals surface area (Å²) in [6.07, 6.45) is 2.17. The number of allylic oxidation sites excluding steroid dienone is 1. The molecule has 0 saturated heterocycles. The molecule has 0 saturated carbocycles. The number of carbonyl (C=O) groups is 2. The summed E-state index contributed by atoms with van der Waals surface area (Å²) in [4.78, 5) is 23.4. The third-order valence-corrected chi connectivity index (χ3v) is 5.85. The van der Waals surface area contributed by atoms with Crippen LogP contribution in [0.3, 0.4) is 0 Å². The van der Waals surface area contributed by atoms with Crippen LogP contribution in [0.25, 0.3) is 0 Å². The van der Waals surface area contributed by atoms with Crippen LogP contribution >= 0.6 is 31.9 Å². The maximum absolute atomic E-state index is 12.7. The lowest BCUT2D eigenvalue weighted by Crippen LogP contribution is -2.29. The number of carbonyl (C=O) groups excluding carboxylic acids is 1. The minimum atomic E-state index is -1.02. The summed E-state index contributed by atoms with van der Waals surface area (Å²) in [5.41, 5.74) is 1.48. The molecule has 0 bridgehead atoms. The van der Waals surface area contributed by atoms with Crippen molar-refractivity contribution in [3.05, 3.63) is 68.6 Å². The number of amides is 1. The van der Waals surface area contributed by atoms with Crippen molar-refractivity contribution in [2.45, 2.75) is 39.7 Å². The van der Waals surface area contributed by atoms with E-state index in [9.17, 15) is 14.7 Å². The van der Waals surface area contributed by atoms with Crippen molar-refractivity contribution in [1.82, 2.24) is 0 Å². The lowest BCUT2D eigenvalue weighted by molar-refractivity contribution is -0.131. The zero-order valence-electron chi connectivity index (χ0n) is 17.5. The zero-order chi connectivity index (χ0) is 23.2. The first-order valence-corrected chi connectivity index (χ1v) is 11.2. The van der Waals surface area contributed by atoms with E-state index in [1.54, 1.807) is 30.3 Å². The molecule has 2 aromatic rings. The van der Waals surface area contributed by atoms with E-state index in [0.717, 1.165) is 11.6 Å². The number of benzene rings is 2. The summed E-state index contributed by atoms with van der Waals surface area (Å²) in [6.45, 7) is 5.76. The number of phenols is 1. The predicted octanol–water partition coefficient (Wildman–Crippen LogP) is 6.96. The van der Waals surface area contributed by atoms with Crippen LogP contribution in [0.4, 0.5) is 10.5 Å². The zero-order valence-corrected chi connectivity index (χ0v) is 20.7. The first kappa shape index (κ1) is 24.9. The smallest absolute Gasteiger partial charge is 0.412 e. The standard InChI is InChI=1S/C23H25Br2NO5/c1-14-7-9-16(10-8-14)26-22(30)31-21(17-12-15(24)13-18(25)20(17)29)23(2,3)11-5-4-6-19(27)28/h4,6-10,12-13,21,29H,5,11H2,1-3H3,(H,26,30)(H,27,28)/b6-4+/t21-/m1/s1. The van der Waals surface area contributed by atoms with Crippen molar-refractivity contribution in [3.8, 4) is 5.75 Å². The molecule has 6 nitrogen and oxygen atoms in total. The summed E-state index contributed by atoms with van der Waals surface area (Å²) in [7, 11) is 0. The first-order chi connectivity index (χ1) is 14.5. The van der Waals surface area contributed by atoms with E-state index in [1.165, 1.54) is 0 Å². The molecule has 0 aliphatic heterocycles. The third-order valence-electron chi connectivity index (χ3n) is 4.79. The molecule has 2 aromatic carbocycles. The number of hydrogen-bond donors (Lipinski definition) is 3. The van der Waals surface area contributed by atoms with Crippen LogP contribution in [0.2, 0.25) is 0 Å². The Kier molecular flexibility index (Phi) is 8.70. The highest BCUT2D eigenvalue weighted by Crippen LogP contribution is 2.46. The SMILES string of the molecule is Cc1ccc(NC(=O)O[C@H](c2cc(Br)cc(Br)c2O)C(C)(C)CC/C=C/C(=O)O)cc1. The highest BCUT2D eigenvalue weighted by molar-refractivity contribution is 9.11. The van der Waals surface area contributed by atoms with Crippen LogP contribution in [-0.2, 0) is 9.53 Å². The monoisotopic (exact) mass is 553 g/mol. The van der Waals surface area contributed by atoms with Crippen molar-refractivity contribution in [1.29, 1.82) is 0 Å². The Morgan fingerprint density at radius 3 is 2.45 bits per heavy atom. The van der Waals surface area contributed by atoms with Gasteiger partial charge < -0.3 is 14.9 Å². The lowest BCUT2D eigenvalue weighted by Gasteiger charge is -2.34. The van der Waals surface area contributed by atoms with E-state index in [2.05, 4.69) is 37.2 Å². The summed E-state index contributed by atoms with van der Waals surface area (Å²) in [5, 5.41) is 22.2. The van der Waals surface area contributed by atoms with Crippen LogP contribution in [0.1, 0.15) is 43.9 Å². The number of aryl methyl sites for hydroxylation is 1. The van der Waals surface area contributed by atoms with Crippen molar-refractivity contribution >= 4 is 49.6 Å². The van der Waals surface area contributed by atoms with E-state index in [1.807, 2.05) is 32.9 Å². The molecule has 3 N–H and O–H groups in total. The minimum absolute atomic E-state index is 0.0227. The number of ether oxygens (including phenoxy) is 1. The maximum atomic E-state index is 12.7. The number of phenolic OH excluding ortho intramolecular Hbond substituents is 1. The molecule has 0 radical (unpaired) electrons. The van der Waals surface area contributed by atoms with E-state index in [-0.39, 0.29) is 5.75 Å². The number of anilines is 1. The van der Waals surface area contributed by atoms with E-state index in [0.29, 0.717) is 33.0 Å². The highest BCUT2D eigenvalue weighted by atomic mass is 79.9. The van der Waals surface area contributed by atoms with Crippen LogP contribution < -0.4 is 5.32 Å². The van der Waals surface area contributed by atoms with Crippen LogP contribution in [-0.4, -0.2) is 22.3 Å². The Labute approximate surface area is 198 Å². The van der Waals surface area contributed by atoms with E-state index in [4.69, 9.17) is 9.84 Å². The quantitative estimate of drug-likeness (QED) is 0.306. The molecule has 1 atom stereocenters. The number of halogens is 2. The molecule has 0 aromatic heterocycles. The van der Waals surface area contributed by atoms with Crippen molar-refractivity contribution in [3.63, 3.8) is 0 Å². The van der Waals surface area contributed by atoms with E-state index < -0.39 is 23.6 Å². The normalized spacial score (nSPS) is 12.5. The molecule has 0 fully saturated rings. The Morgan fingerprint density at radius 2 is 1.84 bits per heavy atom. The van der Waals surface area contributed by atoms with Crippen molar-refractivity contribution in [2.75, 3.05) is 5.32 Å². The van der Waals surface area contributed by atoms with Crippen LogP contribution in [0.5, 0.6) is 5.75 Å². The van der Waals surface area contributed by atoms with Gasteiger partial charge in [0.25, 0.3) is 0 Å². The van der Waals surface area contributed by atoms with Gasteiger partial charge >= 0.3 is 12.1 Å². The molecule has 1 amide bonds. The summed E-state index contributed by atoms with van der Waals surface area (Å²) >= 11 is 6.74. The number of aliphatic carboxylic acids is 1. The second-order valence-corrected chi connectivity index (χ2v) is 9.64. The summed E-state index contributed by atoms with van der Waals surface area (Å²) in [5.74, 6) is -1.04. The molecule has 2 rings (SSSR count). The topological polar surface area (TPSA) is 95.9 Å². The van der Waals surface area contributed by atoms with Gasteiger partial charge in [-0.1, -0.05) is 53.5 Å². The predicted molar refractivity (Wildman–Crippen MR) is 127 cm³/mol. The fraction of sp³-hybridized carbons (Fsp3) is 0.304. The number of carboxylic acids is 1. The van der Waals surface area contributed by atoms with E-state index >= 15 is 0 Å². The van der Waals surface area contributed by atoms with Gasteiger partial charge in [0.1, 0.15) is 11.9 Å². The number of aromatic hydroxyl groups is 1. The number of nitrogens with one attached hydrogen (secondary N) is 1. The van der Waals surface area contributed by atoms with Gasteiger partial charge in [0, 0.05) is 27.2 Å². The van der Waals surface area contributed by atoms with Crippen LogP contribution in [0, 0.1) is 12.3 Å². The molecule has 0 aliphatic carbocycles. The van der Waals surface area contributed by atoms with Gasteiger partial charge in [-0.05, 0) is 60.0 Å². The maximum Gasteiger partial charge on any atom is 0.412 e. The third kappa shape index (κ3) is 7.40. The molecular weight excluding hydrogens is 530 g/mol. The first-order valence-electron chi connectivity index (χ1n) is 9.61. The van der Waals surface area contributed by atoms with Crippen molar-refractivity contribution in [2.24, 2.45) is 5.41 Å². The molecule has 0 unspecified atom stereocenters. The van der Waals surface area contributed by atoms with Gasteiger partial charge in [-0.2, -0.15) is 0 Å². The Balaban J connectivity index is 2.32. The molecule has 0 spiro atoms. The minimum Gasteiger partial charge on any atom is -0.506 e. The average molecular weight is 555 g/mol. The number of hydrogen-bond acceptors (Lipinski definition) is 4. The highest BCUT2D eigenvalue weighted by Gasteiger charge is 2.36. The molecule has 0 aliphatic rings. The van der Waals surface area contributed by atoms with Crippen molar-refractivity contribution < 1.29 is 24.5 Å². The van der Waals surface area contributed by atoms with Gasteiger partial charge in [0.05, 0.1) is 4.47 Å². The Hall–Kier alpha value is -2.32. The van der Waals surface area contributed by atoms with Gasteiger partial charge in [-0.25, -0.2) is 9.59 Å². The number of carboxylic acid groups (broad SMARTS) is 1. The van der Waals surface area contributed by atoms with Gasteiger partial charge in [-0.15, -0.1) is 0 Å². The van der Waals surface area contributed by atoms with Crippen LogP contribution in [0.15, 0.2) is 57.5 Å². The summed E-state index contributed by atoms with van der Waals surface area (Å²) < 4.78 is 6.99. The molecule has 0 heterocycles. The number of rotatable bonds is 8.